The summed E-state index contributed by atoms with van der Waals surface area (Å²) in [5.41, 5.74) is -1.76. The first-order chi connectivity index (χ1) is 8.32. The molecule has 1 atom stereocenters. The molecule has 2 N–H and O–H groups in total. The topological polar surface area (TPSA) is 101 Å². The number of nitrogens with one attached hydrogen (secondary N) is 1. The highest BCUT2D eigenvalue weighted by molar-refractivity contribution is 7.88. The van der Waals surface area contributed by atoms with Crippen LogP contribution >= 0.6 is 0 Å². The van der Waals surface area contributed by atoms with Gasteiger partial charge in [0.25, 0.3) is 0 Å². The van der Waals surface area contributed by atoms with Crippen LogP contribution in [0, 0.1) is 0 Å². The van der Waals surface area contributed by atoms with Crippen LogP contribution in [0.3, 0.4) is 0 Å². The van der Waals surface area contributed by atoms with Gasteiger partial charge in [0.05, 0.1) is 6.26 Å². The van der Waals surface area contributed by atoms with Crippen LogP contribution in [-0.2, 0) is 25.2 Å². The fourth-order valence-corrected chi connectivity index (χ4v) is 2.56. The van der Waals surface area contributed by atoms with Gasteiger partial charge in [0, 0.05) is 6.42 Å². The third-order valence-electron chi connectivity index (χ3n) is 2.38. The lowest BCUT2D eigenvalue weighted by atomic mass is 9.88. The highest BCUT2D eigenvalue weighted by atomic mass is 32.2. The van der Waals surface area contributed by atoms with Crippen LogP contribution in [0.5, 0.6) is 0 Å². The van der Waals surface area contributed by atoms with Gasteiger partial charge in [0.15, 0.2) is 5.54 Å². The number of carboxylic acid groups (broad SMARTS) is 1. The number of rotatable bonds is 6. The molecule has 0 aliphatic rings. The van der Waals surface area contributed by atoms with Crippen LogP contribution in [0.15, 0.2) is 30.3 Å². The van der Waals surface area contributed by atoms with E-state index in [1.807, 2.05) is 4.72 Å². The van der Waals surface area contributed by atoms with Gasteiger partial charge in [-0.3, -0.25) is 0 Å². The number of aliphatic carboxylic acids is 1. The number of sulfonamides is 1. The second-order valence-corrected chi connectivity index (χ2v) is 5.57. The normalized spacial score (nSPS) is 14.7. The summed E-state index contributed by atoms with van der Waals surface area (Å²) in [6.07, 6.45) is 0.733. The molecule has 1 rings (SSSR count). The van der Waals surface area contributed by atoms with E-state index in [9.17, 15) is 23.1 Å². The van der Waals surface area contributed by atoms with Gasteiger partial charge in [-0.15, -0.1) is 0 Å². The van der Waals surface area contributed by atoms with Crippen molar-refractivity contribution in [3.05, 3.63) is 35.9 Å². The molecule has 1 aromatic carbocycles. The van der Waals surface area contributed by atoms with Gasteiger partial charge in [0.1, 0.15) is 6.29 Å². The van der Waals surface area contributed by atoms with Gasteiger partial charge in [-0.25, -0.2) is 13.2 Å². The van der Waals surface area contributed by atoms with E-state index < -0.39 is 28.0 Å². The fraction of sp³-hybridized carbons (Fsp3) is 0.273. The van der Waals surface area contributed by atoms with Crippen LogP contribution in [0.1, 0.15) is 12.0 Å². The molecule has 1 unspecified atom stereocenters. The van der Waals surface area contributed by atoms with E-state index in [1.54, 1.807) is 18.2 Å². The molecule has 0 saturated carbocycles. The number of carboxylic acids is 1. The average molecular weight is 271 g/mol. The van der Waals surface area contributed by atoms with Crippen LogP contribution in [-0.4, -0.2) is 32.0 Å². The average Bonchev–Trinajstić information content (AvgIpc) is 2.27. The lowest BCUT2D eigenvalue weighted by molar-refractivity contribution is -0.145. The summed E-state index contributed by atoms with van der Waals surface area (Å²) in [7, 11) is -3.79. The predicted molar refractivity (Wildman–Crippen MR) is 64.4 cm³/mol. The van der Waals surface area contributed by atoms with Gasteiger partial charge < -0.3 is 9.90 Å². The maximum atomic E-state index is 11.4. The Morgan fingerprint density at radius 2 is 1.94 bits per heavy atom. The quantitative estimate of drug-likeness (QED) is 0.715. The summed E-state index contributed by atoms with van der Waals surface area (Å²) >= 11 is 0. The molecule has 6 nitrogen and oxygen atoms in total. The zero-order valence-electron chi connectivity index (χ0n) is 9.66. The Morgan fingerprint density at radius 3 is 2.33 bits per heavy atom. The van der Waals surface area contributed by atoms with Crippen molar-refractivity contribution >= 4 is 22.3 Å². The lowest BCUT2D eigenvalue weighted by Crippen LogP contribution is -2.51. The van der Waals surface area contributed by atoms with E-state index in [-0.39, 0.29) is 5.56 Å². The van der Waals surface area contributed by atoms with Crippen molar-refractivity contribution in [2.75, 3.05) is 6.26 Å². The number of hydrogen-bond acceptors (Lipinski definition) is 4. The maximum absolute atomic E-state index is 11.4. The zero-order chi connectivity index (χ0) is 13.8. The minimum atomic E-state index is -3.79. The molecule has 0 aliphatic heterocycles. The number of carbonyl (C=O) groups excluding carboxylic acids is 1. The molecule has 0 amide bonds. The first kappa shape index (κ1) is 14.3. The van der Waals surface area contributed by atoms with E-state index in [2.05, 4.69) is 0 Å². The maximum Gasteiger partial charge on any atom is 0.329 e. The third-order valence-corrected chi connectivity index (χ3v) is 3.10. The van der Waals surface area contributed by atoms with E-state index >= 15 is 0 Å². The molecule has 0 heterocycles. The van der Waals surface area contributed by atoms with Crippen molar-refractivity contribution < 1.29 is 23.1 Å². The Bertz CT molecular complexity index is 540. The first-order valence-electron chi connectivity index (χ1n) is 5.03. The second-order valence-electron chi connectivity index (χ2n) is 3.82. The number of hydrogen-bond donors (Lipinski definition) is 2. The number of carbonyl (C=O) groups is 2. The van der Waals surface area contributed by atoms with Gasteiger partial charge in [-0.2, -0.15) is 4.72 Å². The van der Waals surface area contributed by atoms with Crippen LogP contribution < -0.4 is 4.72 Å². The van der Waals surface area contributed by atoms with Gasteiger partial charge in [-0.1, -0.05) is 30.3 Å². The molecule has 7 heteroatoms. The Balaban J connectivity index is 3.40. The molecule has 18 heavy (non-hydrogen) atoms. The largest absolute Gasteiger partial charge is 0.480 e. The standard InChI is InChI=1S/C11H13NO5S/c1-18(16,17)12-11(7-8-13,10(14)15)9-5-3-2-4-6-9/h2-6,8,12H,7H2,1H3,(H,14,15). The highest BCUT2D eigenvalue weighted by Gasteiger charge is 2.42. The first-order valence-corrected chi connectivity index (χ1v) is 6.92. The molecule has 0 bridgehead atoms. The minimum Gasteiger partial charge on any atom is -0.480 e. The Hall–Kier alpha value is -1.73. The van der Waals surface area contributed by atoms with Crippen LogP contribution in [0.2, 0.25) is 0 Å². The van der Waals surface area contributed by atoms with Crippen molar-refractivity contribution in [3.8, 4) is 0 Å². The van der Waals surface area contributed by atoms with E-state index in [0.29, 0.717) is 6.29 Å². The Morgan fingerprint density at radius 1 is 1.39 bits per heavy atom. The molecule has 0 aromatic heterocycles. The summed E-state index contributed by atoms with van der Waals surface area (Å²) < 4.78 is 24.6. The van der Waals surface area contributed by atoms with E-state index in [0.717, 1.165) is 6.26 Å². The lowest BCUT2D eigenvalue weighted by Gasteiger charge is -2.28. The van der Waals surface area contributed by atoms with Gasteiger partial charge in [0.2, 0.25) is 10.0 Å². The van der Waals surface area contributed by atoms with E-state index in [1.165, 1.54) is 12.1 Å². The van der Waals surface area contributed by atoms with Gasteiger partial charge >= 0.3 is 5.97 Å². The summed E-state index contributed by atoms with van der Waals surface area (Å²) in [6, 6.07) is 7.71. The number of aldehydes is 1. The fourth-order valence-electron chi connectivity index (χ4n) is 1.64. The molecule has 98 valence electrons. The summed E-state index contributed by atoms with van der Waals surface area (Å²) in [6.45, 7) is 0. The summed E-state index contributed by atoms with van der Waals surface area (Å²) in [4.78, 5) is 22.1. The Kier molecular flexibility index (Phi) is 4.20. The van der Waals surface area contributed by atoms with Crippen molar-refractivity contribution in [1.29, 1.82) is 0 Å². The molecule has 0 aliphatic carbocycles. The van der Waals surface area contributed by atoms with E-state index in [4.69, 9.17) is 0 Å². The molecular weight excluding hydrogens is 258 g/mol. The van der Waals surface area contributed by atoms with Crippen molar-refractivity contribution in [2.24, 2.45) is 0 Å². The summed E-state index contributed by atoms with van der Waals surface area (Å²) in [5, 5.41) is 9.29. The van der Waals surface area contributed by atoms with Crippen LogP contribution in [0.4, 0.5) is 0 Å². The molecule has 1 aromatic rings. The molecule has 0 saturated heterocycles. The van der Waals surface area contributed by atoms with Crippen molar-refractivity contribution in [1.82, 2.24) is 4.72 Å². The molecule has 0 spiro atoms. The SMILES string of the molecule is CS(=O)(=O)NC(CC=O)(C(=O)O)c1ccccc1. The molecule has 0 fully saturated rings. The third kappa shape index (κ3) is 3.14. The predicted octanol–water partition coefficient (Wildman–Crippen LogP) is 0.105. The highest BCUT2D eigenvalue weighted by Crippen LogP contribution is 2.25. The summed E-state index contributed by atoms with van der Waals surface area (Å²) in [5.74, 6) is -1.42. The zero-order valence-corrected chi connectivity index (χ0v) is 10.5. The van der Waals surface area contributed by atoms with Crippen molar-refractivity contribution in [3.63, 3.8) is 0 Å². The monoisotopic (exact) mass is 271 g/mol. The van der Waals surface area contributed by atoms with Crippen molar-refractivity contribution in [2.45, 2.75) is 12.0 Å². The smallest absolute Gasteiger partial charge is 0.329 e. The second kappa shape index (κ2) is 5.28. The number of benzene rings is 1. The van der Waals surface area contributed by atoms with Gasteiger partial charge in [-0.05, 0) is 5.56 Å². The minimum absolute atomic E-state index is 0.204. The van der Waals surface area contributed by atoms with Crippen LogP contribution in [0.25, 0.3) is 0 Å². The Labute approximate surface area is 105 Å². The molecular formula is C11H13NO5S. The molecule has 0 radical (unpaired) electrons.